The first-order chi connectivity index (χ1) is 7.72. The van der Waals surface area contributed by atoms with Crippen LogP contribution in [0.2, 0.25) is 0 Å². The van der Waals surface area contributed by atoms with Crippen LogP contribution in [-0.4, -0.2) is 41.3 Å². The smallest absolute Gasteiger partial charge is 0.234 e. The van der Waals surface area contributed by atoms with Crippen LogP contribution in [0.5, 0.6) is 0 Å². The van der Waals surface area contributed by atoms with Crippen LogP contribution < -0.4 is 5.32 Å². The lowest BCUT2D eigenvalue weighted by atomic mass is 10.0. The van der Waals surface area contributed by atoms with Crippen LogP contribution in [-0.2, 0) is 9.59 Å². The average molecular weight is 222 g/mol. The summed E-state index contributed by atoms with van der Waals surface area (Å²) in [6, 6.07) is 1.13. The molecule has 1 aliphatic carbocycles. The van der Waals surface area contributed by atoms with Gasteiger partial charge < -0.3 is 5.32 Å². The fraction of sp³-hybridized carbons (Fsp3) is 0.833. The van der Waals surface area contributed by atoms with Gasteiger partial charge in [-0.25, -0.2) is 0 Å². The highest BCUT2D eigenvalue weighted by atomic mass is 16.2. The molecule has 3 aliphatic rings. The SMILES string of the molecule is O=C1CC2CCC(C1)N2CC(=O)NC1CC1. The highest BCUT2D eigenvalue weighted by molar-refractivity contribution is 5.82. The molecule has 2 saturated heterocycles. The van der Waals surface area contributed by atoms with Crippen molar-refractivity contribution in [3.05, 3.63) is 0 Å². The number of hydrogen-bond donors (Lipinski definition) is 1. The Bertz CT molecular complexity index is 309. The number of rotatable bonds is 3. The van der Waals surface area contributed by atoms with E-state index in [2.05, 4.69) is 10.2 Å². The van der Waals surface area contributed by atoms with Crippen molar-refractivity contribution in [1.29, 1.82) is 0 Å². The molecule has 1 N–H and O–H groups in total. The summed E-state index contributed by atoms with van der Waals surface area (Å²) in [4.78, 5) is 25.4. The lowest BCUT2D eigenvalue weighted by Crippen LogP contribution is -2.48. The van der Waals surface area contributed by atoms with Gasteiger partial charge in [-0.2, -0.15) is 0 Å². The minimum atomic E-state index is 0.147. The fourth-order valence-corrected chi connectivity index (χ4v) is 2.99. The predicted octanol–water partition coefficient (Wildman–Crippen LogP) is 0.461. The lowest BCUT2D eigenvalue weighted by molar-refractivity contribution is -0.128. The molecule has 2 aliphatic heterocycles. The lowest BCUT2D eigenvalue weighted by Gasteiger charge is -2.33. The number of nitrogens with one attached hydrogen (secondary N) is 1. The van der Waals surface area contributed by atoms with Gasteiger partial charge in [-0.05, 0) is 25.7 Å². The molecule has 4 nitrogen and oxygen atoms in total. The first kappa shape index (κ1) is 10.3. The summed E-state index contributed by atoms with van der Waals surface area (Å²) in [5, 5.41) is 3.02. The number of hydrogen-bond acceptors (Lipinski definition) is 3. The van der Waals surface area contributed by atoms with E-state index in [-0.39, 0.29) is 5.91 Å². The van der Waals surface area contributed by atoms with Gasteiger partial charge in [0.25, 0.3) is 0 Å². The number of carbonyl (C=O) groups is 2. The molecule has 0 spiro atoms. The largest absolute Gasteiger partial charge is 0.352 e. The van der Waals surface area contributed by atoms with E-state index in [0.717, 1.165) is 25.7 Å². The third-order valence-electron chi connectivity index (χ3n) is 3.97. The highest BCUT2D eigenvalue weighted by Gasteiger charge is 2.41. The van der Waals surface area contributed by atoms with Gasteiger partial charge in [0.15, 0.2) is 0 Å². The van der Waals surface area contributed by atoms with E-state index in [1.807, 2.05) is 0 Å². The molecule has 0 aromatic carbocycles. The number of fused-ring (bicyclic) bond motifs is 2. The molecule has 4 heteroatoms. The Hall–Kier alpha value is -0.900. The maximum atomic E-state index is 11.7. The van der Waals surface area contributed by atoms with E-state index >= 15 is 0 Å². The van der Waals surface area contributed by atoms with Crippen molar-refractivity contribution < 1.29 is 9.59 Å². The molecule has 3 rings (SSSR count). The number of piperidine rings is 1. The second-order valence-electron chi connectivity index (χ2n) is 5.35. The van der Waals surface area contributed by atoms with Gasteiger partial charge in [-0.1, -0.05) is 0 Å². The Morgan fingerprint density at radius 3 is 2.38 bits per heavy atom. The molecule has 16 heavy (non-hydrogen) atoms. The zero-order valence-corrected chi connectivity index (χ0v) is 9.45. The van der Waals surface area contributed by atoms with Crippen LogP contribution >= 0.6 is 0 Å². The van der Waals surface area contributed by atoms with Crippen LogP contribution in [0.15, 0.2) is 0 Å². The molecule has 1 saturated carbocycles. The molecule has 1 amide bonds. The Morgan fingerprint density at radius 1 is 1.19 bits per heavy atom. The third-order valence-corrected chi connectivity index (χ3v) is 3.97. The number of amides is 1. The maximum absolute atomic E-state index is 11.7. The summed E-state index contributed by atoms with van der Waals surface area (Å²) in [5.41, 5.74) is 0. The molecule has 0 radical (unpaired) electrons. The van der Waals surface area contributed by atoms with Gasteiger partial charge in [0.1, 0.15) is 5.78 Å². The summed E-state index contributed by atoms with van der Waals surface area (Å²) in [6.45, 7) is 0.499. The Morgan fingerprint density at radius 2 is 1.81 bits per heavy atom. The van der Waals surface area contributed by atoms with Crippen molar-refractivity contribution in [2.75, 3.05) is 6.54 Å². The van der Waals surface area contributed by atoms with Crippen LogP contribution in [0, 0.1) is 0 Å². The summed E-state index contributed by atoms with van der Waals surface area (Å²) >= 11 is 0. The standard InChI is InChI=1S/C12H18N2O2/c15-11-5-9-3-4-10(6-11)14(9)7-12(16)13-8-1-2-8/h8-10H,1-7H2,(H,13,16). The van der Waals surface area contributed by atoms with Crippen LogP contribution in [0.4, 0.5) is 0 Å². The Labute approximate surface area is 95.4 Å². The Kier molecular flexibility index (Phi) is 2.46. The second kappa shape index (κ2) is 3.84. The van der Waals surface area contributed by atoms with Gasteiger partial charge in [-0.3, -0.25) is 14.5 Å². The Balaban J connectivity index is 1.58. The molecule has 2 unspecified atom stereocenters. The average Bonchev–Trinajstić information content (AvgIpc) is 2.98. The molecule has 2 bridgehead atoms. The number of Topliss-reactive ketones (excluding diaryl/α,β-unsaturated/α-hetero) is 1. The molecule has 88 valence electrons. The van der Waals surface area contributed by atoms with Crippen molar-refractivity contribution in [1.82, 2.24) is 10.2 Å². The molecular weight excluding hydrogens is 204 g/mol. The van der Waals surface area contributed by atoms with Crippen LogP contribution in [0.25, 0.3) is 0 Å². The molecular formula is C12H18N2O2. The summed E-state index contributed by atoms with van der Waals surface area (Å²) in [7, 11) is 0. The number of ketones is 1. The van der Waals surface area contributed by atoms with Crippen molar-refractivity contribution >= 4 is 11.7 Å². The van der Waals surface area contributed by atoms with E-state index in [4.69, 9.17) is 0 Å². The highest BCUT2D eigenvalue weighted by Crippen LogP contribution is 2.33. The minimum absolute atomic E-state index is 0.147. The fourth-order valence-electron chi connectivity index (χ4n) is 2.99. The number of carbonyl (C=O) groups excluding carboxylic acids is 2. The molecule has 2 atom stereocenters. The van der Waals surface area contributed by atoms with Gasteiger partial charge in [-0.15, -0.1) is 0 Å². The summed E-state index contributed by atoms with van der Waals surface area (Å²) < 4.78 is 0. The first-order valence-electron chi connectivity index (χ1n) is 6.29. The van der Waals surface area contributed by atoms with E-state index in [0.29, 0.717) is 43.3 Å². The van der Waals surface area contributed by atoms with Gasteiger partial charge >= 0.3 is 0 Å². The van der Waals surface area contributed by atoms with E-state index in [1.54, 1.807) is 0 Å². The predicted molar refractivity (Wildman–Crippen MR) is 58.9 cm³/mol. The molecule has 0 aromatic rings. The quantitative estimate of drug-likeness (QED) is 0.754. The monoisotopic (exact) mass is 222 g/mol. The summed E-state index contributed by atoms with van der Waals surface area (Å²) in [6.07, 6.45) is 5.77. The van der Waals surface area contributed by atoms with Gasteiger partial charge in [0.2, 0.25) is 5.91 Å². The second-order valence-corrected chi connectivity index (χ2v) is 5.35. The van der Waals surface area contributed by atoms with Crippen molar-refractivity contribution in [3.63, 3.8) is 0 Å². The van der Waals surface area contributed by atoms with Crippen molar-refractivity contribution in [3.8, 4) is 0 Å². The number of nitrogens with zero attached hydrogens (tertiary/aromatic N) is 1. The molecule has 3 fully saturated rings. The minimum Gasteiger partial charge on any atom is -0.352 e. The van der Waals surface area contributed by atoms with E-state index in [9.17, 15) is 9.59 Å². The van der Waals surface area contributed by atoms with Gasteiger partial charge in [0.05, 0.1) is 6.54 Å². The first-order valence-corrected chi connectivity index (χ1v) is 6.29. The molecule has 0 aromatic heterocycles. The zero-order valence-electron chi connectivity index (χ0n) is 9.45. The topological polar surface area (TPSA) is 49.4 Å². The third kappa shape index (κ3) is 1.98. The molecule has 2 heterocycles. The van der Waals surface area contributed by atoms with Crippen LogP contribution in [0.1, 0.15) is 38.5 Å². The normalized spacial score (nSPS) is 34.1. The van der Waals surface area contributed by atoms with E-state index in [1.165, 1.54) is 0 Å². The van der Waals surface area contributed by atoms with Crippen molar-refractivity contribution in [2.24, 2.45) is 0 Å². The summed E-state index contributed by atoms with van der Waals surface area (Å²) in [5.74, 6) is 0.528. The maximum Gasteiger partial charge on any atom is 0.234 e. The van der Waals surface area contributed by atoms with E-state index < -0.39 is 0 Å². The van der Waals surface area contributed by atoms with Crippen molar-refractivity contribution in [2.45, 2.75) is 56.7 Å². The zero-order chi connectivity index (χ0) is 11.1. The van der Waals surface area contributed by atoms with Gasteiger partial charge in [0, 0.05) is 31.0 Å². The van der Waals surface area contributed by atoms with Crippen LogP contribution in [0.3, 0.4) is 0 Å².